The second-order valence-corrected chi connectivity index (χ2v) is 5.99. The minimum absolute atomic E-state index is 0.0824. The van der Waals surface area contributed by atoms with E-state index >= 15 is 0 Å². The Kier molecular flexibility index (Phi) is 13.6. The lowest BCUT2D eigenvalue weighted by Gasteiger charge is -2.20. The van der Waals surface area contributed by atoms with Crippen molar-refractivity contribution in [1.82, 2.24) is 5.32 Å². The fourth-order valence-electron chi connectivity index (χ4n) is 2.38. The van der Waals surface area contributed by atoms with Gasteiger partial charge in [0, 0.05) is 26.3 Å². The smallest absolute Gasteiger partial charge is 0.207 e. The second-order valence-electron chi connectivity index (χ2n) is 5.55. The Bertz CT molecular complexity index is 706. The predicted octanol–water partition coefficient (Wildman–Crippen LogP) is 6.18. The molecule has 0 unspecified atom stereocenters. The third-order valence-electron chi connectivity index (χ3n) is 3.49. The average molecular weight is 509 g/mol. The van der Waals surface area contributed by atoms with E-state index in [4.69, 9.17) is 12.5 Å². The van der Waals surface area contributed by atoms with Crippen LogP contribution in [0.25, 0.3) is 5.57 Å². The number of halogens is 3. The molecule has 0 heterocycles. The maximum atomic E-state index is 14.8. The molecule has 0 atom stereocenters. The first-order valence-electron chi connectivity index (χ1n) is 9.03. The molecule has 0 saturated carbocycles. The quantitative estimate of drug-likeness (QED) is 0.187. The number of allylic oxidation sites excluding steroid dienone is 5. The van der Waals surface area contributed by atoms with Crippen molar-refractivity contribution in [2.24, 2.45) is 0 Å². The van der Waals surface area contributed by atoms with Crippen molar-refractivity contribution in [2.75, 3.05) is 27.4 Å². The molecule has 158 valence electrons. The Labute approximate surface area is 181 Å². The topological polar surface area (TPSA) is 39.7 Å². The van der Waals surface area contributed by atoms with E-state index in [0.717, 1.165) is 23.3 Å². The first kappa shape index (κ1) is 26.4. The molecule has 0 aliphatic rings. The maximum Gasteiger partial charge on any atom is 0.207 e. The molecule has 0 aliphatic carbocycles. The van der Waals surface area contributed by atoms with Gasteiger partial charge in [-0.3, -0.25) is 0 Å². The summed E-state index contributed by atoms with van der Waals surface area (Å²) in [5.41, 5.74) is 2.25. The molecule has 28 heavy (non-hydrogen) atoms. The van der Waals surface area contributed by atoms with Crippen LogP contribution in [0.1, 0.15) is 40.2 Å². The molecule has 1 aromatic carbocycles. The molecule has 0 saturated heterocycles. The van der Waals surface area contributed by atoms with Crippen molar-refractivity contribution in [3.8, 4) is 5.75 Å². The van der Waals surface area contributed by atoms with Crippen LogP contribution in [0.5, 0.6) is 5.75 Å². The van der Waals surface area contributed by atoms with Crippen molar-refractivity contribution in [3.05, 3.63) is 58.5 Å². The van der Waals surface area contributed by atoms with E-state index in [0.29, 0.717) is 18.1 Å². The summed E-state index contributed by atoms with van der Waals surface area (Å²) in [5.74, 6) is -1.04. The van der Waals surface area contributed by atoms with E-state index in [1.165, 1.54) is 7.11 Å². The normalized spacial score (nSPS) is 11.4. The minimum Gasteiger partial charge on any atom is -0.490 e. The van der Waals surface area contributed by atoms with Gasteiger partial charge in [0.15, 0.2) is 23.0 Å². The standard InChI is InChI=1S/C19H24F2INO3.C2H6/c1-6-7-14(12(2)3)17(19(23-4)26-22)18-15(21)10-13(20)11-16(18)25-9-8-24-5;1-2/h6-7,10-11,23H,8-9H2,1-5H3;1-2H3/b7-6-,19-17-;. The van der Waals surface area contributed by atoms with Crippen LogP contribution in [0.2, 0.25) is 0 Å². The molecule has 0 spiro atoms. The van der Waals surface area contributed by atoms with Crippen LogP contribution in [-0.4, -0.2) is 27.4 Å². The summed E-state index contributed by atoms with van der Waals surface area (Å²) in [7, 11) is 3.19. The van der Waals surface area contributed by atoms with Crippen LogP contribution in [0.4, 0.5) is 8.78 Å². The van der Waals surface area contributed by atoms with Crippen LogP contribution >= 0.6 is 23.0 Å². The van der Waals surface area contributed by atoms with Gasteiger partial charge in [0.25, 0.3) is 0 Å². The Balaban J connectivity index is 0.00000352. The van der Waals surface area contributed by atoms with E-state index in [2.05, 4.69) is 5.32 Å². The van der Waals surface area contributed by atoms with Crippen LogP contribution in [0, 0.1) is 11.6 Å². The van der Waals surface area contributed by atoms with E-state index in [-0.39, 0.29) is 17.9 Å². The highest BCUT2D eigenvalue weighted by Crippen LogP contribution is 2.38. The number of rotatable bonds is 9. The molecule has 0 amide bonds. The molecular formula is C21H30F2INO3. The molecule has 1 aromatic rings. The lowest BCUT2D eigenvalue weighted by molar-refractivity contribution is 0.145. The van der Waals surface area contributed by atoms with Crippen LogP contribution in [0.3, 0.4) is 0 Å². The van der Waals surface area contributed by atoms with E-state index in [9.17, 15) is 8.78 Å². The highest BCUT2D eigenvalue weighted by molar-refractivity contribution is 14.1. The van der Waals surface area contributed by atoms with Gasteiger partial charge in [0.2, 0.25) is 5.88 Å². The van der Waals surface area contributed by atoms with Gasteiger partial charge < -0.3 is 17.9 Å². The van der Waals surface area contributed by atoms with Crippen LogP contribution in [-0.2, 0) is 7.80 Å². The summed E-state index contributed by atoms with van der Waals surface area (Å²) < 4.78 is 44.6. The number of hydrogen-bond acceptors (Lipinski definition) is 4. The summed E-state index contributed by atoms with van der Waals surface area (Å²) in [6.07, 6.45) is 3.69. The van der Waals surface area contributed by atoms with Crippen molar-refractivity contribution in [2.45, 2.75) is 34.6 Å². The van der Waals surface area contributed by atoms with Gasteiger partial charge in [-0.1, -0.05) is 31.6 Å². The van der Waals surface area contributed by atoms with Crippen molar-refractivity contribution in [1.29, 1.82) is 0 Å². The molecule has 0 aliphatic heterocycles. The molecule has 1 rings (SSSR count). The largest absolute Gasteiger partial charge is 0.490 e. The number of hydrogen-bond donors (Lipinski definition) is 1. The highest BCUT2D eigenvalue weighted by Gasteiger charge is 2.24. The summed E-state index contributed by atoms with van der Waals surface area (Å²) in [6, 6.07) is 1.99. The van der Waals surface area contributed by atoms with Crippen molar-refractivity contribution >= 4 is 28.6 Å². The zero-order valence-corrected chi connectivity index (χ0v) is 19.7. The molecule has 0 bridgehead atoms. The monoisotopic (exact) mass is 509 g/mol. The first-order valence-corrected chi connectivity index (χ1v) is 9.91. The summed E-state index contributed by atoms with van der Waals surface area (Å²) >= 11 is 1.72. The third kappa shape index (κ3) is 7.43. The number of ether oxygens (including phenoxy) is 2. The molecule has 0 fully saturated rings. The van der Waals surface area contributed by atoms with Crippen molar-refractivity contribution < 1.29 is 21.3 Å². The summed E-state index contributed by atoms with van der Waals surface area (Å²) in [6.45, 7) is 10.1. The Morgan fingerprint density at radius 3 is 2.29 bits per heavy atom. The fraction of sp³-hybridized carbons (Fsp3) is 0.429. The number of benzene rings is 1. The molecule has 7 heteroatoms. The van der Waals surface area contributed by atoms with E-state index in [1.807, 2.05) is 46.8 Å². The van der Waals surface area contributed by atoms with Crippen LogP contribution < -0.4 is 10.1 Å². The maximum absolute atomic E-state index is 14.8. The second kappa shape index (κ2) is 14.4. The molecule has 0 radical (unpaired) electrons. The van der Waals surface area contributed by atoms with Gasteiger partial charge in [0.05, 0.1) is 17.7 Å². The number of nitrogens with one attached hydrogen (secondary N) is 1. The SMILES string of the molecule is C/C=C\C(=C(C)C)/C(=C(\NC)OI)c1c(F)cc(F)cc1OCCOC.CC. The summed E-state index contributed by atoms with van der Waals surface area (Å²) in [4.78, 5) is 0. The van der Waals surface area contributed by atoms with Gasteiger partial charge in [0.1, 0.15) is 24.0 Å². The molecule has 0 aromatic heterocycles. The average Bonchev–Trinajstić information content (AvgIpc) is 2.67. The third-order valence-corrected chi connectivity index (χ3v) is 3.93. The van der Waals surface area contributed by atoms with Gasteiger partial charge in [-0.25, -0.2) is 8.78 Å². The minimum atomic E-state index is -0.739. The zero-order valence-electron chi connectivity index (χ0n) is 17.6. The van der Waals surface area contributed by atoms with Gasteiger partial charge in [-0.15, -0.1) is 0 Å². The van der Waals surface area contributed by atoms with Gasteiger partial charge in [-0.05, 0) is 26.3 Å². The lowest BCUT2D eigenvalue weighted by atomic mass is 9.93. The van der Waals surface area contributed by atoms with Gasteiger partial charge in [-0.2, -0.15) is 0 Å². The number of methoxy groups -OCH3 is 1. The van der Waals surface area contributed by atoms with E-state index < -0.39 is 11.6 Å². The van der Waals surface area contributed by atoms with Crippen molar-refractivity contribution in [3.63, 3.8) is 0 Å². The predicted molar refractivity (Wildman–Crippen MR) is 119 cm³/mol. The lowest BCUT2D eigenvalue weighted by Crippen LogP contribution is -2.13. The first-order chi connectivity index (χ1) is 13.4. The fourth-order valence-corrected chi connectivity index (χ4v) is 2.82. The zero-order chi connectivity index (χ0) is 21.7. The van der Waals surface area contributed by atoms with Gasteiger partial charge >= 0.3 is 0 Å². The van der Waals surface area contributed by atoms with E-state index in [1.54, 1.807) is 30.1 Å². The van der Waals surface area contributed by atoms with Crippen LogP contribution in [0.15, 0.2) is 41.3 Å². The Morgan fingerprint density at radius 1 is 1.18 bits per heavy atom. The molecule has 1 N–H and O–H groups in total. The molecule has 4 nitrogen and oxygen atoms in total. The molecular weight excluding hydrogens is 479 g/mol. The highest BCUT2D eigenvalue weighted by atomic mass is 127. The summed E-state index contributed by atoms with van der Waals surface area (Å²) in [5, 5.41) is 2.92. The Hall–Kier alpha value is -1.61. The Morgan fingerprint density at radius 2 is 1.82 bits per heavy atom.